The summed E-state index contributed by atoms with van der Waals surface area (Å²) in [5.74, 6) is -0.00967. The van der Waals surface area contributed by atoms with Gasteiger partial charge in [-0.2, -0.15) is 0 Å². The Morgan fingerprint density at radius 1 is 1.36 bits per heavy atom. The van der Waals surface area contributed by atoms with Crippen molar-refractivity contribution in [1.29, 1.82) is 0 Å². The van der Waals surface area contributed by atoms with Crippen LogP contribution >= 0.6 is 0 Å². The minimum Gasteiger partial charge on any atom is -0.444 e. The maximum Gasteiger partial charge on any atom is 0.226 e. The van der Waals surface area contributed by atoms with E-state index in [-0.39, 0.29) is 0 Å². The van der Waals surface area contributed by atoms with Crippen molar-refractivity contribution in [1.82, 2.24) is 4.98 Å². The number of hydrogen-bond donors (Lipinski definition) is 1. The van der Waals surface area contributed by atoms with Gasteiger partial charge in [0.25, 0.3) is 0 Å². The quantitative estimate of drug-likeness (QED) is 0.705. The molecule has 3 nitrogen and oxygen atoms in total. The summed E-state index contributed by atoms with van der Waals surface area (Å²) in [5.41, 5.74) is 7.16. The van der Waals surface area contributed by atoms with Crippen LogP contribution in [0.5, 0.6) is 0 Å². The normalized spacial score (nSPS) is 10.4. The Labute approximate surface area is 80.4 Å². The molecule has 0 fully saturated rings. The van der Waals surface area contributed by atoms with E-state index in [4.69, 9.17) is 10.2 Å². The molecule has 0 aliphatic carbocycles. The minimum absolute atomic E-state index is 0.357. The standard InChI is InChI=1S/C10H9FN2O/c1-6-5-14-10(13-6)7-2-8(11)4-9(12)3-7/h2-5H,12H2,1H3. The number of hydrogen-bond acceptors (Lipinski definition) is 3. The van der Waals surface area contributed by atoms with Gasteiger partial charge in [-0.05, 0) is 25.1 Å². The highest BCUT2D eigenvalue weighted by molar-refractivity contribution is 5.60. The lowest BCUT2D eigenvalue weighted by molar-refractivity contribution is 0.571. The van der Waals surface area contributed by atoms with E-state index in [2.05, 4.69) is 4.98 Å². The molecule has 0 saturated heterocycles. The van der Waals surface area contributed by atoms with Gasteiger partial charge in [-0.25, -0.2) is 9.37 Å². The van der Waals surface area contributed by atoms with Crippen molar-refractivity contribution < 1.29 is 8.81 Å². The maximum absolute atomic E-state index is 13.0. The summed E-state index contributed by atoms with van der Waals surface area (Å²) in [6.07, 6.45) is 1.51. The Morgan fingerprint density at radius 2 is 2.14 bits per heavy atom. The first-order valence-electron chi connectivity index (χ1n) is 4.14. The molecule has 0 unspecified atom stereocenters. The summed E-state index contributed by atoms with van der Waals surface area (Å²) in [7, 11) is 0. The number of oxazole rings is 1. The molecule has 1 heterocycles. The SMILES string of the molecule is Cc1coc(-c2cc(N)cc(F)c2)n1. The molecule has 0 radical (unpaired) electrons. The van der Waals surface area contributed by atoms with Gasteiger partial charge in [-0.1, -0.05) is 0 Å². The summed E-state index contributed by atoms with van der Waals surface area (Å²) in [6.45, 7) is 1.80. The summed E-state index contributed by atoms with van der Waals surface area (Å²) < 4.78 is 18.1. The second-order valence-electron chi connectivity index (χ2n) is 3.07. The highest BCUT2D eigenvalue weighted by atomic mass is 19.1. The molecular formula is C10H9FN2O. The van der Waals surface area contributed by atoms with Crippen molar-refractivity contribution in [3.8, 4) is 11.5 Å². The van der Waals surface area contributed by atoms with Gasteiger partial charge in [0.05, 0.1) is 5.69 Å². The van der Waals surface area contributed by atoms with Crippen LogP contribution < -0.4 is 5.73 Å². The summed E-state index contributed by atoms with van der Waals surface area (Å²) in [4.78, 5) is 4.07. The average molecular weight is 192 g/mol. The van der Waals surface area contributed by atoms with Crippen LogP contribution in [0.2, 0.25) is 0 Å². The first kappa shape index (κ1) is 8.74. The lowest BCUT2D eigenvalue weighted by Crippen LogP contribution is -1.88. The van der Waals surface area contributed by atoms with Gasteiger partial charge in [0.1, 0.15) is 12.1 Å². The number of nitrogen functional groups attached to an aromatic ring is 1. The van der Waals surface area contributed by atoms with Crippen LogP contribution in [0.4, 0.5) is 10.1 Å². The number of nitrogens with zero attached hydrogens (tertiary/aromatic N) is 1. The Kier molecular flexibility index (Phi) is 1.96. The van der Waals surface area contributed by atoms with Gasteiger partial charge < -0.3 is 10.2 Å². The molecule has 14 heavy (non-hydrogen) atoms. The molecule has 2 rings (SSSR count). The van der Waals surface area contributed by atoms with E-state index in [0.717, 1.165) is 5.69 Å². The number of aromatic nitrogens is 1. The van der Waals surface area contributed by atoms with E-state index in [0.29, 0.717) is 17.1 Å². The predicted molar refractivity (Wildman–Crippen MR) is 51.0 cm³/mol. The third-order valence-electron chi connectivity index (χ3n) is 1.79. The van der Waals surface area contributed by atoms with Crippen molar-refractivity contribution >= 4 is 5.69 Å². The molecule has 0 saturated carbocycles. The second kappa shape index (κ2) is 3.14. The molecule has 1 aromatic heterocycles. The maximum atomic E-state index is 13.0. The molecule has 4 heteroatoms. The Morgan fingerprint density at radius 3 is 2.71 bits per heavy atom. The van der Waals surface area contributed by atoms with E-state index in [9.17, 15) is 4.39 Å². The van der Waals surface area contributed by atoms with Gasteiger partial charge in [0.2, 0.25) is 5.89 Å². The molecule has 72 valence electrons. The molecule has 0 aliphatic heterocycles. The van der Waals surface area contributed by atoms with Crippen LogP contribution in [0.1, 0.15) is 5.69 Å². The Balaban J connectivity index is 2.51. The summed E-state index contributed by atoms with van der Waals surface area (Å²) >= 11 is 0. The fraction of sp³-hybridized carbons (Fsp3) is 0.100. The molecule has 0 aliphatic rings. The van der Waals surface area contributed by atoms with E-state index >= 15 is 0 Å². The number of rotatable bonds is 1. The third kappa shape index (κ3) is 1.59. The van der Waals surface area contributed by atoms with Crippen LogP contribution in [0.3, 0.4) is 0 Å². The monoisotopic (exact) mass is 192 g/mol. The topological polar surface area (TPSA) is 52.0 Å². The summed E-state index contributed by atoms with van der Waals surface area (Å²) in [5, 5.41) is 0. The van der Waals surface area contributed by atoms with Crippen molar-refractivity contribution in [2.75, 3.05) is 5.73 Å². The number of benzene rings is 1. The molecular weight excluding hydrogens is 183 g/mol. The first-order chi connectivity index (χ1) is 6.65. The van der Waals surface area contributed by atoms with Crippen LogP contribution in [0.25, 0.3) is 11.5 Å². The number of halogens is 1. The van der Waals surface area contributed by atoms with Crippen LogP contribution in [-0.4, -0.2) is 4.98 Å². The lowest BCUT2D eigenvalue weighted by Gasteiger charge is -1.98. The van der Waals surface area contributed by atoms with Gasteiger partial charge in [-0.3, -0.25) is 0 Å². The predicted octanol–water partition coefficient (Wildman–Crippen LogP) is 2.37. The van der Waals surface area contributed by atoms with Gasteiger partial charge in [0.15, 0.2) is 0 Å². The van der Waals surface area contributed by atoms with Crippen molar-refractivity contribution in [2.24, 2.45) is 0 Å². The van der Waals surface area contributed by atoms with Crippen LogP contribution in [0, 0.1) is 12.7 Å². The Hall–Kier alpha value is -1.84. The molecule has 0 bridgehead atoms. The van der Waals surface area contributed by atoms with Crippen LogP contribution in [-0.2, 0) is 0 Å². The average Bonchev–Trinajstić information content (AvgIpc) is 2.50. The van der Waals surface area contributed by atoms with Crippen LogP contribution in [0.15, 0.2) is 28.9 Å². The van der Waals surface area contributed by atoms with E-state index in [1.807, 2.05) is 0 Å². The smallest absolute Gasteiger partial charge is 0.226 e. The minimum atomic E-state index is -0.393. The van der Waals surface area contributed by atoms with Crippen molar-refractivity contribution in [3.63, 3.8) is 0 Å². The number of nitrogens with two attached hydrogens (primary N) is 1. The first-order valence-corrected chi connectivity index (χ1v) is 4.14. The molecule has 2 aromatic rings. The molecule has 2 N–H and O–H groups in total. The lowest BCUT2D eigenvalue weighted by atomic mass is 10.2. The van der Waals surface area contributed by atoms with Gasteiger partial charge in [0, 0.05) is 11.3 Å². The van der Waals surface area contributed by atoms with E-state index in [1.54, 1.807) is 13.0 Å². The molecule has 0 atom stereocenters. The summed E-state index contributed by atoms with van der Waals surface area (Å²) in [6, 6.07) is 4.20. The van der Waals surface area contributed by atoms with Crippen molar-refractivity contribution in [2.45, 2.75) is 6.92 Å². The largest absolute Gasteiger partial charge is 0.444 e. The van der Waals surface area contributed by atoms with E-state index in [1.165, 1.54) is 18.4 Å². The van der Waals surface area contributed by atoms with E-state index < -0.39 is 5.82 Å². The number of anilines is 1. The Bertz CT molecular complexity index is 445. The highest BCUT2D eigenvalue weighted by Crippen LogP contribution is 2.22. The fourth-order valence-electron chi connectivity index (χ4n) is 1.22. The zero-order valence-corrected chi connectivity index (χ0v) is 7.62. The fourth-order valence-corrected chi connectivity index (χ4v) is 1.22. The van der Waals surface area contributed by atoms with Crippen molar-refractivity contribution in [3.05, 3.63) is 36.0 Å². The number of aryl methyl sites for hydroxylation is 1. The highest BCUT2D eigenvalue weighted by Gasteiger charge is 2.06. The zero-order chi connectivity index (χ0) is 10.1. The van der Waals surface area contributed by atoms with Gasteiger partial charge in [-0.15, -0.1) is 0 Å². The zero-order valence-electron chi connectivity index (χ0n) is 7.62. The van der Waals surface area contributed by atoms with Gasteiger partial charge >= 0.3 is 0 Å². The second-order valence-corrected chi connectivity index (χ2v) is 3.07. The molecule has 0 spiro atoms. The molecule has 1 aromatic carbocycles. The molecule has 0 amide bonds. The third-order valence-corrected chi connectivity index (χ3v) is 1.79.